The third-order valence-corrected chi connectivity index (χ3v) is 4.66. The summed E-state index contributed by atoms with van der Waals surface area (Å²) in [4.78, 5) is 6.51. The first-order chi connectivity index (χ1) is 12.7. The van der Waals surface area contributed by atoms with Gasteiger partial charge in [-0.25, -0.2) is 0 Å². The highest BCUT2D eigenvalue weighted by molar-refractivity contribution is 5.20. The molecule has 0 saturated heterocycles. The quantitative estimate of drug-likeness (QED) is 0.664. The van der Waals surface area contributed by atoms with Crippen LogP contribution in [0.15, 0.2) is 36.9 Å². The van der Waals surface area contributed by atoms with Gasteiger partial charge < -0.3 is 4.74 Å². The molecule has 8 nitrogen and oxygen atoms in total. The van der Waals surface area contributed by atoms with E-state index in [0.29, 0.717) is 13.2 Å². The number of hydrogen-bond donors (Lipinski definition) is 0. The number of ether oxygens (including phenoxy) is 1. The normalized spacial score (nSPS) is 17.4. The molecule has 4 heterocycles. The lowest BCUT2D eigenvalue weighted by Gasteiger charge is -2.31. The van der Waals surface area contributed by atoms with Crippen molar-refractivity contribution in [1.82, 2.24) is 34.7 Å². The molecule has 0 saturated carbocycles. The summed E-state index contributed by atoms with van der Waals surface area (Å²) < 4.78 is 9.71. The van der Waals surface area contributed by atoms with E-state index in [0.717, 1.165) is 30.9 Å². The van der Waals surface area contributed by atoms with E-state index in [1.165, 1.54) is 11.3 Å². The molecule has 0 spiro atoms. The number of aromatic nitrogens is 6. The molecule has 3 aromatic rings. The van der Waals surface area contributed by atoms with Gasteiger partial charge in [-0.2, -0.15) is 5.10 Å². The van der Waals surface area contributed by atoms with Crippen molar-refractivity contribution in [2.45, 2.75) is 25.6 Å². The molecule has 0 aliphatic carbocycles. The van der Waals surface area contributed by atoms with Gasteiger partial charge in [0.2, 0.25) is 0 Å². The van der Waals surface area contributed by atoms with Crippen LogP contribution in [0.5, 0.6) is 0 Å². The number of aryl methyl sites for hydroxylation is 2. The van der Waals surface area contributed by atoms with Crippen molar-refractivity contribution in [2.75, 3.05) is 13.2 Å². The van der Waals surface area contributed by atoms with Gasteiger partial charge in [-0.15, -0.1) is 5.10 Å². The summed E-state index contributed by atoms with van der Waals surface area (Å²) in [5, 5.41) is 12.8. The monoisotopic (exact) mass is 353 g/mol. The minimum Gasteiger partial charge on any atom is -0.376 e. The largest absolute Gasteiger partial charge is 0.376 e. The molecule has 26 heavy (non-hydrogen) atoms. The summed E-state index contributed by atoms with van der Waals surface area (Å²) in [6.07, 6.45) is 7.58. The second-order valence-corrected chi connectivity index (χ2v) is 6.81. The van der Waals surface area contributed by atoms with Gasteiger partial charge in [0.15, 0.2) is 0 Å². The molecular formula is C18H23N7O. The van der Waals surface area contributed by atoms with Crippen molar-refractivity contribution < 1.29 is 4.74 Å². The lowest BCUT2D eigenvalue weighted by atomic mass is 9.98. The molecular weight excluding hydrogens is 330 g/mol. The van der Waals surface area contributed by atoms with Crippen LogP contribution in [0, 0.1) is 0 Å². The van der Waals surface area contributed by atoms with Crippen molar-refractivity contribution in [2.24, 2.45) is 14.1 Å². The molecule has 0 amide bonds. The lowest BCUT2D eigenvalue weighted by Crippen LogP contribution is -2.35. The van der Waals surface area contributed by atoms with Crippen LogP contribution in [0.2, 0.25) is 0 Å². The van der Waals surface area contributed by atoms with E-state index in [1.807, 2.05) is 48.0 Å². The van der Waals surface area contributed by atoms with E-state index in [1.54, 1.807) is 6.20 Å². The maximum absolute atomic E-state index is 5.99. The van der Waals surface area contributed by atoms with Crippen molar-refractivity contribution in [3.05, 3.63) is 59.4 Å². The zero-order valence-corrected chi connectivity index (χ0v) is 15.1. The van der Waals surface area contributed by atoms with Crippen LogP contribution in [-0.4, -0.2) is 47.8 Å². The summed E-state index contributed by atoms with van der Waals surface area (Å²) in [6, 6.07) is 3.96. The first kappa shape index (κ1) is 16.9. The minimum atomic E-state index is 0.243. The molecule has 0 fully saturated rings. The van der Waals surface area contributed by atoms with Crippen LogP contribution >= 0.6 is 0 Å². The Hall–Kier alpha value is -2.58. The summed E-state index contributed by atoms with van der Waals surface area (Å²) >= 11 is 0. The van der Waals surface area contributed by atoms with Gasteiger partial charge in [-0.05, 0) is 11.6 Å². The summed E-state index contributed by atoms with van der Waals surface area (Å²) in [5.74, 6) is 0.243. The maximum Gasteiger partial charge on any atom is 0.100 e. The topological polar surface area (TPSA) is 73.9 Å². The number of hydrogen-bond acceptors (Lipinski definition) is 6. The fourth-order valence-corrected chi connectivity index (χ4v) is 3.56. The lowest BCUT2D eigenvalue weighted by molar-refractivity contribution is 0.0828. The Morgan fingerprint density at radius 2 is 2.15 bits per heavy atom. The predicted octanol–water partition coefficient (Wildman–Crippen LogP) is 1.26. The van der Waals surface area contributed by atoms with Gasteiger partial charge in [0.25, 0.3) is 0 Å². The highest BCUT2D eigenvalue weighted by Crippen LogP contribution is 2.28. The number of nitrogens with zero attached hydrogens (tertiary/aromatic N) is 7. The highest BCUT2D eigenvalue weighted by Gasteiger charge is 2.30. The molecule has 0 bridgehead atoms. The Labute approximate surface area is 152 Å². The zero-order valence-electron chi connectivity index (χ0n) is 15.1. The van der Waals surface area contributed by atoms with E-state index in [4.69, 9.17) is 4.74 Å². The van der Waals surface area contributed by atoms with Crippen LogP contribution in [0.1, 0.15) is 28.4 Å². The first-order valence-electron chi connectivity index (χ1n) is 8.74. The summed E-state index contributed by atoms with van der Waals surface area (Å²) in [6.45, 7) is 3.76. The molecule has 0 aromatic carbocycles. The molecule has 0 radical (unpaired) electrons. The van der Waals surface area contributed by atoms with E-state index in [2.05, 4.69) is 31.5 Å². The van der Waals surface area contributed by atoms with Gasteiger partial charge >= 0.3 is 0 Å². The Morgan fingerprint density at radius 3 is 2.92 bits per heavy atom. The van der Waals surface area contributed by atoms with E-state index >= 15 is 0 Å². The number of fused-ring (bicyclic) bond motifs is 1. The average Bonchev–Trinajstić information content (AvgIpc) is 3.22. The zero-order chi connectivity index (χ0) is 17.9. The molecule has 3 aromatic heterocycles. The predicted molar refractivity (Wildman–Crippen MR) is 95.0 cm³/mol. The van der Waals surface area contributed by atoms with Crippen LogP contribution in [0.3, 0.4) is 0 Å². The summed E-state index contributed by atoms with van der Waals surface area (Å²) in [5.41, 5.74) is 4.50. The second-order valence-electron chi connectivity index (χ2n) is 6.81. The van der Waals surface area contributed by atoms with E-state index in [-0.39, 0.29) is 5.92 Å². The van der Waals surface area contributed by atoms with E-state index in [9.17, 15) is 0 Å². The van der Waals surface area contributed by atoms with Crippen LogP contribution in [0.25, 0.3) is 0 Å². The van der Waals surface area contributed by atoms with Gasteiger partial charge in [-0.3, -0.25) is 19.2 Å². The van der Waals surface area contributed by atoms with Crippen molar-refractivity contribution in [1.29, 1.82) is 0 Å². The fraction of sp³-hybridized carbons (Fsp3) is 0.444. The molecule has 1 atom stereocenters. The van der Waals surface area contributed by atoms with Crippen LogP contribution < -0.4 is 0 Å². The maximum atomic E-state index is 5.99. The average molecular weight is 353 g/mol. The van der Waals surface area contributed by atoms with Gasteiger partial charge in [0.05, 0.1) is 25.1 Å². The van der Waals surface area contributed by atoms with Gasteiger partial charge in [0.1, 0.15) is 5.69 Å². The molecule has 136 valence electrons. The van der Waals surface area contributed by atoms with Crippen molar-refractivity contribution in [3.63, 3.8) is 0 Å². The molecule has 1 aliphatic heterocycles. The molecule has 1 aliphatic rings. The SMILES string of the molecule is Cn1cc(CN2Cc3nnn(C)c3[C@H](COCc3cccnc3)C2)cn1. The van der Waals surface area contributed by atoms with E-state index < -0.39 is 0 Å². The first-order valence-corrected chi connectivity index (χ1v) is 8.74. The van der Waals surface area contributed by atoms with Gasteiger partial charge in [-0.1, -0.05) is 11.3 Å². The van der Waals surface area contributed by atoms with Crippen molar-refractivity contribution >= 4 is 0 Å². The standard InChI is InChI=1S/C18H23N7O/c1-23-8-15(7-20-23)9-25-10-16(18-17(11-25)21-22-24(18)2)13-26-12-14-4-3-5-19-6-14/h3-8,16H,9-13H2,1-2H3/t16-/m0/s1. The summed E-state index contributed by atoms with van der Waals surface area (Å²) in [7, 11) is 3.90. The Kier molecular flexibility index (Phi) is 4.77. The Morgan fingerprint density at radius 1 is 1.23 bits per heavy atom. The molecule has 8 heteroatoms. The fourth-order valence-electron chi connectivity index (χ4n) is 3.56. The minimum absolute atomic E-state index is 0.243. The molecule has 0 N–H and O–H groups in total. The number of pyridine rings is 1. The smallest absolute Gasteiger partial charge is 0.100 e. The third kappa shape index (κ3) is 3.66. The van der Waals surface area contributed by atoms with Crippen molar-refractivity contribution in [3.8, 4) is 0 Å². The Balaban J connectivity index is 1.44. The van der Waals surface area contributed by atoms with Crippen LogP contribution in [0.4, 0.5) is 0 Å². The molecule has 4 rings (SSSR count). The Bertz CT molecular complexity index is 858. The highest BCUT2D eigenvalue weighted by atomic mass is 16.5. The second kappa shape index (κ2) is 7.35. The number of rotatable bonds is 6. The molecule has 0 unspecified atom stereocenters. The van der Waals surface area contributed by atoms with Crippen LogP contribution in [-0.2, 0) is 38.5 Å². The third-order valence-electron chi connectivity index (χ3n) is 4.66. The van der Waals surface area contributed by atoms with Gasteiger partial charge in [0, 0.05) is 63.8 Å².